The monoisotopic (exact) mass is 274 g/mol. The minimum Gasteiger partial charge on any atom is -0.389 e. The number of aliphatic hydroxyl groups is 1. The van der Waals surface area contributed by atoms with Gasteiger partial charge in [0.2, 0.25) is 10.0 Å². The highest BCUT2D eigenvalue weighted by atomic mass is 32.2. The van der Waals surface area contributed by atoms with Crippen LogP contribution in [-0.4, -0.2) is 35.5 Å². The number of aromatic nitrogens is 2. The van der Waals surface area contributed by atoms with E-state index in [1.54, 1.807) is 7.05 Å². The summed E-state index contributed by atoms with van der Waals surface area (Å²) in [5.74, 6) is -0.0385. The van der Waals surface area contributed by atoms with Crippen LogP contribution in [0.15, 0.2) is 11.1 Å². The van der Waals surface area contributed by atoms with Crippen molar-refractivity contribution in [3.63, 3.8) is 0 Å². The smallest absolute Gasteiger partial charge is 0.245 e. The summed E-state index contributed by atoms with van der Waals surface area (Å²) in [4.78, 5) is -0.0494. The van der Waals surface area contributed by atoms with E-state index in [-0.39, 0.29) is 17.3 Å². The normalized spacial score (nSPS) is 19.2. The predicted molar refractivity (Wildman–Crippen MR) is 66.2 cm³/mol. The lowest BCUT2D eigenvalue weighted by Crippen LogP contribution is -2.40. The van der Waals surface area contributed by atoms with Crippen molar-refractivity contribution in [1.29, 1.82) is 0 Å². The summed E-state index contributed by atoms with van der Waals surface area (Å²) in [6.45, 7) is 0.0175. The fourth-order valence-electron chi connectivity index (χ4n) is 2.21. The average Bonchev–Trinajstić information content (AvgIpc) is 2.84. The minimum atomic E-state index is -3.71. The lowest BCUT2D eigenvalue weighted by molar-refractivity contribution is 0.0532. The fourth-order valence-corrected chi connectivity index (χ4v) is 3.43. The molecule has 1 heterocycles. The van der Waals surface area contributed by atoms with Crippen LogP contribution in [0.1, 0.15) is 25.7 Å². The topological polar surface area (TPSA) is 110 Å². The molecule has 0 saturated heterocycles. The molecular formula is C10H18N4O3S. The van der Waals surface area contributed by atoms with E-state index in [4.69, 9.17) is 5.73 Å². The summed E-state index contributed by atoms with van der Waals surface area (Å²) < 4.78 is 27.8. The maximum absolute atomic E-state index is 12.0. The van der Waals surface area contributed by atoms with Crippen molar-refractivity contribution in [3.05, 3.63) is 6.20 Å². The first-order valence-corrected chi connectivity index (χ1v) is 7.32. The Bertz CT molecular complexity index is 531. The summed E-state index contributed by atoms with van der Waals surface area (Å²) in [5, 5.41) is 13.9. The maximum atomic E-state index is 12.0. The number of rotatable bonds is 4. The summed E-state index contributed by atoms with van der Waals surface area (Å²) >= 11 is 0. The highest BCUT2D eigenvalue weighted by molar-refractivity contribution is 7.89. The summed E-state index contributed by atoms with van der Waals surface area (Å²) in [6.07, 6.45) is 4.44. The van der Waals surface area contributed by atoms with Gasteiger partial charge in [0.05, 0.1) is 5.60 Å². The molecule has 1 aliphatic rings. The highest BCUT2D eigenvalue weighted by Crippen LogP contribution is 2.29. The van der Waals surface area contributed by atoms with E-state index in [1.165, 1.54) is 10.9 Å². The molecule has 1 aromatic heterocycles. The van der Waals surface area contributed by atoms with Gasteiger partial charge in [-0.15, -0.1) is 0 Å². The zero-order valence-electron chi connectivity index (χ0n) is 10.3. The van der Waals surface area contributed by atoms with E-state index in [2.05, 4.69) is 9.82 Å². The molecule has 0 spiro atoms. The Labute approximate surface area is 106 Å². The third-order valence-corrected chi connectivity index (χ3v) is 4.65. The van der Waals surface area contributed by atoms with E-state index in [1.807, 2.05) is 0 Å². The van der Waals surface area contributed by atoms with Gasteiger partial charge in [0.15, 0.2) is 5.82 Å². The number of aryl methyl sites for hydroxylation is 1. The number of hydrogen-bond donors (Lipinski definition) is 3. The molecule has 7 nitrogen and oxygen atoms in total. The van der Waals surface area contributed by atoms with Crippen molar-refractivity contribution < 1.29 is 13.5 Å². The minimum absolute atomic E-state index is 0.0175. The summed E-state index contributed by atoms with van der Waals surface area (Å²) in [5.41, 5.74) is 4.60. The van der Waals surface area contributed by atoms with Crippen LogP contribution in [0.5, 0.6) is 0 Å². The van der Waals surface area contributed by atoms with Gasteiger partial charge in [-0.3, -0.25) is 4.68 Å². The molecule has 18 heavy (non-hydrogen) atoms. The number of anilines is 1. The quantitative estimate of drug-likeness (QED) is 0.691. The number of sulfonamides is 1. The van der Waals surface area contributed by atoms with Gasteiger partial charge in [-0.1, -0.05) is 12.8 Å². The third kappa shape index (κ3) is 2.65. The van der Waals surface area contributed by atoms with Crippen molar-refractivity contribution >= 4 is 15.8 Å². The van der Waals surface area contributed by atoms with Crippen molar-refractivity contribution in [2.75, 3.05) is 12.3 Å². The molecule has 0 atom stereocenters. The first kappa shape index (κ1) is 13.3. The number of nitrogens with zero attached hydrogens (tertiary/aromatic N) is 2. The number of nitrogens with two attached hydrogens (primary N) is 1. The molecule has 1 aromatic rings. The third-order valence-electron chi connectivity index (χ3n) is 3.24. The first-order valence-electron chi connectivity index (χ1n) is 5.84. The van der Waals surface area contributed by atoms with Crippen LogP contribution in [0.4, 0.5) is 5.82 Å². The molecular weight excluding hydrogens is 256 g/mol. The molecule has 1 fully saturated rings. The Morgan fingerprint density at radius 1 is 1.56 bits per heavy atom. The number of nitrogen functional groups attached to an aromatic ring is 1. The van der Waals surface area contributed by atoms with Gasteiger partial charge in [-0.05, 0) is 12.8 Å². The van der Waals surface area contributed by atoms with Crippen molar-refractivity contribution in [2.24, 2.45) is 7.05 Å². The van der Waals surface area contributed by atoms with Crippen LogP contribution in [0.2, 0.25) is 0 Å². The van der Waals surface area contributed by atoms with E-state index in [0.29, 0.717) is 12.8 Å². The van der Waals surface area contributed by atoms with Gasteiger partial charge >= 0.3 is 0 Å². The molecule has 0 bridgehead atoms. The van der Waals surface area contributed by atoms with Gasteiger partial charge in [0.25, 0.3) is 0 Å². The molecule has 1 saturated carbocycles. The largest absolute Gasteiger partial charge is 0.389 e. The molecule has 8 heteroatoms. The van der Waals surface area contributed by atoms with Crippen molar-refractivity contribution in [1.82, 2.24) is 14.5 Å². The standard InChI is InChI=1S/C10H18N4O3S/c1-14-6-8(9(11)13-14)18(16,17)12-7-10(15)4-2-3-5-10/h6,12,15H,2-5,7H2,1H3,(H2,11,13). The Morgan fingerprint density at radius 3 is 2.67 bits per heavy atom. The second-order valence-electron chi connectivity index (χ2n) is 4.81. The van der Waals surface area contributed by atoms with E-state index < -0.39 is 15.6 Å². The first-order chi connectivity index (χ1) is 8.32. The Hall–Kier alpha value is -1.12. The highest BCUT2D eigenvalue weighted by Gasteiger charge is 2.33. The zero-order valence-corrected chi connectivity index (χ0v) is 11.1. The van der Waals surface area contributed by atoms with Crippen LogP contribution in [0, 0.1) is 0 Å². The van der Waals surface area contributed by atoms with Crippen LogP contribution in [0.25, 0.3) is 0 Å². The van der Waals surface area contributed by atoms with Crippen LogP contribution in [-0.2, 0) is 17.1 Å². The van der Waals surface area contributed by atoms with E-state index in [0.717, 1.165) is 12.8 Å². The zero-order chi connectivity index (χ0) is 13.4. The van der Waals surface area contributed by atoms with Gasteiger partial charge < -0.3 is 10.8 Å². The number of hydrogen-bond acceptors (Lipinski definition) is 5. The molecule has 0 aromatic carbocycles. The molecule has 2 rings (SSSR count). The molecule has 0 unspecified atom stereocenters. The molecule has 1 aliphatic carbocycles. The van der Waals surface area contributed by atoms with Gasteiger partial charge in [0.1, 0.15) is 4.90 Å². The van der Waals surface area contributed by atoms with Crippen molar-refractivity contribution in [3.8, 4) is 0 Å². The molecule has 0 radical (unpaired) electrons. The van der Waals surface area contributed by atoms with Gasteiger partial charge in [-0.25, -0.2) is 13.1 Å². The van der Waals surface area contributed by atoms with Crippen LogP contribution >= 0.6 is 0 Å². The lowest BCUT2D eigenvalue weighted by Gasteiger charge is -2.22. The molecule has 0 aliphatic heterocycles. The fraction of sp³-hybridized carbons (Fsp3) is 0.700. The Balaban J connectivity index is 2.10. The average molecular weight is 274 g/mol. The summed E-state index contributed by atoms with van der Waals surface area (Å²) in [7, 11) is -2.12. The lowest BCUT2D eigenvalue weighted by atomic mass is 10.0. The number of nitrogens with one attached hydrogen (secondary N) is 1. The van der Waals surface area contributed by atoms with E-state index >= 15 is 0 Å². The molecule has 0 amide bonds. The second kappa shape index (κ2) is 4.52. The molecule has 102 valence electrons. The maximum Gasteiger partial charge on any atom is 0.245 e. The Kier molecular flexibility index (Phi) is 3.35. The van der Waals surface area contributed by atoms with E-state index in [9.17, 15) is 13.5 Å². The molecule has 4 N–H and O–H groups in total. The van der Waals surface area contributed by atoms with Crippen LogP contribution < -0.4 is 10.5 Å². The van der Waals surface area contributed by atoms with Crippen molar-refractivity contribution in [2.45, 2.75) is 36.2 Å². The second-order valence-corrected chi connectivity index (χ2v) is 6.54. The SMILES string of the molecule is Cn1cc(S(=O)(=O)NCC2(O)CCCC2)c(N)n1. The summed E-state index contributed by atoms with van der Waals surface area (Å²) in [6, 6.07) is 0. The van der Waals surface area contributed by atoms with Gasteiger partial charge in [-0.2, -0.15) is 5.10 Å². The van der Waals surface area contributed by atoms with Crippen LogP contribution in [0.3, 0.4) is 0 Å². The predicted octanol–water partition coefficient (Wildman–Crippen LogP) is -0.414. The van der Waals surface area contributed by atoms with Gasteiger partial charge in [0, 0.05) is 19.8 Å². The Morgan fingerprint density at radius 2 is 2.17 bits per heavy atom.